The number of nitrogens with one attached hydrogen (secondary N) is 4. The molecule has 342 valence electrons. The number of carbonyl (C=O) groups excluding carboxylic acids is 4. The minimum atomic E-state index is -4.68. The molecule has 0 unspecified atom stereocenters. The lowest BCUT2D eigenvalue weighted by Gasteiger charge is -2.34. The Balaban J connectivity index is 6.13. The van der Waals surface area contributed by atoms with Gasteiger partial charge in [-0.2, -0.15) is 0 Å². The van der Waals surface area contributed by atoms with E-state index in [0.717, 1.165) is 31.1 Å². The highest BCUT2D eigenvalue weighted by atomic mass is 31.2. The summed E-state index contributed by atoms with van der Waals surface area (Å²) in [5.74, 6) is -1.30. The zero-order valence-corrected chi connectivity index (χ0v) is 37.8. The van der Waals surface area contributed by atoms with Gasteiger partial charge in [0.25, 0.3) is 0 Å². The van der Waals surface area contributed by atoms with E-state index in [0.29, 0.717) is 32.7 Å². The second-order valence-electron chi connectivity index (χ2n) is 14.5. The molecule has 24 heteroatoms. The summed E-state index contributed by atoms with van der Waals surface area (Å²) in [6, 6.07) is 0. The van der Waals surface area contributed by atoms with Gasteiger partial charge in [-0.15, -0.1) is 0 Å². The number of likely N-dealkylation sites (N-methyl/N-ethyl adjacent to an activating group) is 3. The van der Waals surface area contributed by atoms with Crippen LogP contribution in [0.15, 0.2) is 0 Å². The number of amides is 4. The molecule has 0 aliphatic rings. The van der Waals surface area contributed by atoms with E-state index in [-0.39, 0.29) is 95.3 Å². The molecule has 0 atom stereocenters. The van der Waals surface area contributed by atoms with E-state index in [1.807, 2.05) is 27.7 Å². The first-order valence-corrected chi connectivity index (χ1v) is 25.5. The van der Waals surface area contributed by atoms with E-state index in [1.54, 1.807) is 6.92 Å². The summed E-state index contributed by atoms with van der Waals surface area (Å²) in [6.45, 7) is 15.5. The van der Waals surface area contributed by atoms with Crippen LogP contribution in [0.4, 0.5) is 0 Å². The largest absolute Gasteiger partial charge is 0.355 e. The fraction of sp³-hybridized carbons (Fsp3) is 0.882. The summed E-state index contributed by atoms with van der Waals surface area (Å²) in [6.07, 6.45) is -1.50. The Hall–Kier alpha value is -1.83. The summed E-state index contributed by atoms with van der Waals surface area (Å²) in [5.41, 5.74) is -0.857. The predicted octanol–water partition coefficient (Wildman–Crippen LogP) is 0.272. The number of hydrogen-bond donors (Lipinski definition) is 10. The molecule has 0 aliphatic heterocycles. The van der Waals surface area contributed by atoms with Gasteiger partial charge in [0.15, 0.2) is 0 Å². The highest BCUT2D eigenvalue weighted by Crippen LogP contribution is 2.41. The Labute approximate surface area is 344 Å². The molecule has 0 bridgehead atoms. The maximum absolute atomic E-state index is 13.2. The second-order valence-corrected chi connectivity index (χ2v) is 19.3. The molecular formula is C34H73N8O13P3. The summed E-state index contributed by atoms with van der Waals surface area (Å²) in [7, 11) is -13.7. The average molecular weight is 895 g/mol. The van der Waals surface area contributed by atoms with Gasteiger partial charge in [-0.3, -0.25) is 42.7 Å². The highest BCUT2D eigenvalue weighted by molar-refractivity contribution is 7.52. The Morgan fingerprint density at radius 1 is 0.414 bits per heavy atom. The molecule has 0 aromatic heterocycles. The van der Waals surface area contributed by atoms with Gasteiger partial charge in [0.05, 0.1) is 0 Å². The van der Waals surface area contributed by atoms with E-state index in [2.05, 4.69) is 31.1 Å². The van der Waals surface area contributed by atoms with Gasteiger partial charge in [0.1, 0.15) is 18.9 Å². The molecule has 0 spiro atoms. The highest BCUT2D eigenvalue weighted by Gasteiger charge is 2.33. The van der Waals surface area contributed by atoms with Crippen LogP contribution in [0.1, 0.15) is 86.0 Å². The average Bonchev–Trinajstić information content (AvgIpc) is 3.12. The lowest BCUT2D eigenvalue weighted by molar-refractivity contribution is -0.122. The van der Waals surface area contributed by atoms with Gasteiger partial charge in [0.2, 0.25) is 23.6 Å². The molecule has 0 heterocycles. The van der Waals surface area contributed by atoms with Gasteiger partial charge in [-0.05, 0) is 63.8 Å². The van der Waals surface area contributed by atoms with Gasteiger partial charge in [-0.1, -0.05) is 34.6 Å². The van der Waals surface area contributed by atoms with Crippen LogP contribution < -0.4 is 21.3 Å². The van der Waals surface area contributed by atoms with E-state index in [9.17, 15) is 62.2 Å². The third-order valence-corrected chi connectivity index (χ3v) is 12.2. The summed E-state index contributed by atoms with van der Waals surface area (Å²) in [5, 5.41) is 11.3. The van der Waals surface area contributed by atoms with Crippen LogP contribution >= 0.6 is 22.8 Å². The summed E-state index contributed by atoms with van der Waals surface area (Å²) >= 11 is 0. The second kappa shape index (κ2) is 29.4. The van der Waals surface area contributed by atoms with Crippen molar-refractivity contribution in [2.75, 3.05) is 104 Å². The fourth-order valence-corrected chi connectivity index (χ4v) is 8.95. The number of rotatable bonds is 35. The van der Waals surface area contributed by atoms with Crippen molar-refractivity contribution in [3.8, 4) is 0 Å². The molecule has 58 heavy (non-hydrogen) atoms. The molecule has 0 aromatic carbocycles. The van der Waals surface area contributed by atoms with Crippen LogP contribution in [0.5, 0.6) is 0 Å². The predicted molar refractivity (Wildman–Crippen MR) is 222 cm³/mol. The van der Waals surface area contributed by atoms with E-state index >= 15 is 0 Å². The number of carbonyl (C=O) groups is 4. The molecule has 10 N–H and O–H groups in total. The molecule has 4 amide bonds. The smallest absolute Gasteiger partial charge is 0.339 e. The van der Waals surface area contributed by atoms with Crippen molar-refractivity contribution in [1.82, 2.24) is 40.9 Å². The van der Waals surface area contributed by atoms with Crippen molar-refractivity contribution in [1.29, 1.82) is 0 Å². The standard InChI is InChI=1S/C34H73N8O13P3/c1-6-39(7-2)23-19-35-30(43)11-15-34(16-12-31(44)36-20-24-40(8-3)9-4,17-13-32(45)37-21-25-41(10-5)27-56(47,48)49)18-14-33(46)38-22-26-42(28-57(50,51)52)29-58(53,54)55/h6-29H2,1-5H3,(H,35,43)(H,36,44)(H,37,45)(H,38,46)(H2,47,48,49)(H2,50,51,52)(H2,53,54,55). The Kier molecular flexibility index (Phi) is 28.5. The Morgan fingerprint density at radius 2 is 0.638 bits per heavy atom. The van der Waals surface area contributed by atoms with E-state index in [1.165, 1.54) is 4.90 Å². The zero-order valence-electron chi connectivity index (χ0n) is 35.1. The van der Waals surface area contributed by atoms with Gasteiger partial charge in [-0.25, -0.2) is 0 Å². The molecule has 21 nitrogen and oxygen atoms in total. The van der Waals surface area contributed by atoms with Crippen molar-refractivity contribution in [3.05, 3.63) is 0 Å². The summed E-state index contributed by atoms with van der Waals surface area (Å²) < 4.78 is 34.6. The monoisotopic (exact) mass is 894 g/mol. The minimum absolute atomic E-state index is 0.0287. The van der Waals surface area contributed by atoms with Crippen LogP contribution in [0, 0.1) is 5.41 Å². The quantitative estimate of drug-likeness (QED) is 0.0382. The Bertz CT molecular complexity index is 1300. The molecule has 0 radical (unpaired) electrons. The third kappa shape index (κ3) is 30.2. The maximum Gasteiger partial charge on any atom is 0.339 e. The first-order chi connectivity index (χ1) is 27.0. The SMILES string of the molecule is CCN(CC)CCNC(=O)CCC(CCC(=O)NCCN(CC)CC)(CCC(=O)NCCN(CC)CP(=O)(O)O)CCC(=O)NCCN(CP(=O)(O)O)CP(=O)(O)O. The molecular weight excluding hydrogens is 821 g/mol. The summed E-state index contributed by atoms with van der Waals surface area (Å²) in [4.78, 5) is 115. The lowest BCUT2D eigenvalue weighted by Crippen LogP contribution is -2.38. The van der Waals surface area contributed by atoms with Crippen molar-refractivity contribution >= 4 is 46.4 Å². The van der Waals surface area contributed by atoms with Gasteiger partial charge in [0, 0.05) is 78.0 Å². The Morgan fingerprint density at radius 3 is 0.879 bits per heavy atom. The molecule has 0 saturated heterocycles. The molecule has 0 aliphatic carbocycles. The topological polar surface area (TPSA) is 302 Å². The zero-order chi connectivity index (χ0) is 44.4. The van der Waals surface area contributed by atoms with Crippen molar-refractivity contribution in [2.45, 2.75) is 86.0 Å². The van der Waals surface area contributed by atoms with Crippen molar-refractivity contribution in [2.24, 2.45) is 5.41 Å². The van der Waals surface area contributed by atoms with Crippen molar-refractivity contribution in [3.63, 3.8) is 0 Å². The lowest BCUT2D eigenvalue weighted by atomic mass is 9.71. The van der Waals surface area contributed by atoms with Crippen LogP contribution in [0.3, 0.4) is 0 Å². The maximum atomic E-state index is 13.2. The van der Waals surface area contributed by atoms with E-state index in [4.69, 9.17) is 0 Å². The fourth-order valence-electron chi connectivity index (χ4n) is 6.41. The number of nitrogens with zero attached hydrogens (tertiary/aromatic N) is 4. The van der Waals surface area contributed by atoms with Crippen molar-refractivity contribution < 1.29 is 62.2 Å². The van der Waals surface area contributed by atoms with Gasteiger partial charge >= 0.3 is 22.8 Å². The molecule has 0 rings (SSSR count). The first kappa shape index (κ1) is 56.2. The molecule has 0 aromatic rings. The van der Waals surface area contributed by atoms with Crippen LogP contribution in [-0.4, -0.2) is 177 Å². The van der Waals surface area contributed by atoms with E-state index < -0.39 is 53.0 Å². The van der Waals surface area contributed by atoms with Crippen LogP contribution in [0.25, 0.3) is 0 Å². The molecule has 0 saturated carbocycles. The minimum Gasteiger partial charge on any atom is -0.355 e. The third-order valence-electron chi connectivity index (χ3n) is 9.92. The van der Waals surface area contributed by atoms with Gasteiger partial charge < -0.3 is 60.4 Å². The van der Waals surface area contributed by atoms with Crippen LogP contribution in [-0.2, 0) is 32.9 Å². The normalized spacial score (nSPS) is 12.7. The first-order valence-electron chi connectivity index (χ1n) is 20.1. The number of hydrogen-bond acceptors (Lipinski definition) is 11. The van der Waals surface area contributed by atoms with Crippen LogP contribution in [0.2, 0.25) is 0 Å². The molecule has 0 fully saturated rings.